The van der Waals surface area contributed by atoms with Crippen molar-refractivity contribution in [3.63, 3.8) is 0 Å². The van der Waals surface area contributed by atoms with Crippen molar-refractivity contribution in [2.45, 2.75) is 6.18 Å². The van der Waals surface area contributed by atoms with E-state index in [2.05, 4.69) is 16.6 Å². The quantitative estimate of drug-likeness (QED) is 0.831. The molecule has 0 aromatic heterocycles. The summed E-state index contributed by atoms with van der Waals surface area (Å²) in [7, 11) is 0. The molecule has 2 aromatic rings. The normalized spacial score (nSPS) is 13.1. The van der Waals surface area contributed by atoms with Crippen LogP contribution in [-0.4, -0.2) is 36.0 Å². The summed E-state index contributed by atoms with van der Waals surface area (Å²) in [6.45, 7) is 2.00. The molecule has 0 spiro atoms. The van der Waals surface area contributed by atoms with Crippen LogP contribution in [0.5, 0.6) is 5.75 Å². The van der Waals surface area contributed by atoms with E-state index >= 15 is 0 Å². The molecule has 1 heterocycles. The molecule has 9 heteroatoms. The van der Waals surface area contributed by atoms with E-state index in [9.17, 15) is 22.8 Å². The van der Waals surface area contributed by atoms with Gasteiger partial charge < -0.3 is 10.1 Å². The first kappa shape index (κ1) is 19.9. The fourth-order valence-corrected chi connectivity index (χ4v) is 2.83. The Hall–Kier alpha value is -3.80. The Balaban J connectivity index is 1.68. The Morgan fingerprint density at radius 2 is 1.90 bits per heavy atom. The zero-order valence-electron chi connectivity index (χ0n) is 14.9. The number of carbonyl (C=O) groups excluding carboxylic acids is 2. The molecule has 0 atom stereocenters. The van der Waals surface area contributed by atoms with Crippen molar-refractivity contribution in [2.24, 2.45) is 0 Å². The molecule has 0 unspecified atom stereocenters. The summed E-state index contributed by atoms with van der Waals surface area (Å²) in [6.07, 6.45) is -4.54. The number of fused-ring (bicyclic) bond motifs is 1. The minimum atomic E-state index is -4.54. The van der Waals surface area contributed by atoms with Gasteiger partial charge in [-0.15, -0.1) is 0 Å². The van der Waals surface area contributed by atoms with E-state index in [1.807, 2.05) is 0 Å². The van der Waals surface area contributed by atoms with Crippen LogP contribution in [0.1, 0.15) is 21.5 Å². The number of nitrogens with zero attached hydrogens (tertiary/aromatic N) is 2. The minimum absolute atomic E-state index is 0.166. The van der Waals surface area contributed by atoms with E-state index in [4.69, 9.17) is 5.26 Å². The van der Waals surface area contributed by atoms with Gasteiger partial charge in [0.2, 0.25) is 5.91 Å². The molecule has 148 valence electrons. The van der Waals surface area contributed by atoms with Crippen LogP contribution in [0.2, 0.25) is 0 Å². The fraction of sp³-hybridized carbons (Fsp3) is 0.150. The third kappa shape index (κ3) is 4.38. The topological polar surface area (TPSA) is 82.4 Å². The summed E-state index contributed by atoms with van der Waals surface area (Å²) in [5, 5.41) is 11.6. The highest BCUT2D eigenvalue weighted by Gasteiger charge is 2.32. The molecule has 0 aliphatic carbocycles. The summed E-state index contributed by atoms with van der Waals surface area (Å²) in [5.41, 5.74) is 1.50. The van der Waals surface area contributed by atoms with Gasteiger partial charge in [-0.25, -0.2) is 0 Å². The first-order valence-corrected chi connectivity index (χ1v) is 8.33. The molecule has 1 aliphatic heterocycles. The SMILES string of the molecule is C=C1c2ccccc2C(=O)N1CC(=O)Nc1ccc(OCC(F)(F)F)c(C#N)c1. The number of nitrogens with one attached hydrogen (secondary N) is 1. The lowest BCUT2D eigenvalue weighted by Crippen LogP contribution is -2.32. The zero-order valence-corrected chi connectivity index (χ0v) is 14.9. The van der Waals surface area contributed by atoms with Crippen LogP contribution in [0.4, 0.5) is 18.9 Å². The van der Waals surface area contributed by atoms with Gasteiger partial charge in [0.1, 0.15) is 18.4 Å². The minimum Gasteiger partial charge on any atom is -0.483 e. The Morgan fingerprint density at radius 3 is 2.52 bits per heavy atom. The Kier molecular flexibility index (Phi) is 5.28. The third-order valence-electron chi connectivity index (χ3n) is 4.12. The highest BCUT2D eigenvalue weighted by atomic mass is 19.4. The van der Waals surface area contributed by atoms with Gasteiger partial charge in [-0.05, 0) is 24.3 Å². The van der Waals surface area contributed by atoms with Gasteiger partial charge in [0.05, 0.1) is 5.56 Å². The van der Waals surface area contributed by atoms with Gasteiger partial charge >= 0.3 is 6.18 Å². The number of anilines is 1. The van der Waals surface area contributed by atoms with Crippen molar-refractivity contribution in [3.05, 3.63) is 65.7 Å². The molecule has 0 radical (unpaired) electrons. The number of carbonyl (C=O) groups is 2. The summed E-state index contributed by atoms with van der Waals surface area (Å²) >= 11 is 0. The van der Waals surface area contributed by atoms with Crippen LogP contribution >= 0.6 is 0 Å². The summed E-state index contributed by atoms with van der Waals surface area (Å²) in [4.78, 5) is 26.0. The average molecular weight is 401 g/mol. The maximum atomic E-state index is 12.4. The van der Waals surface area contributed by atoms with E-state index in [-0.39, 0.29) is 29.5 Å². The number of alkyl halides is 3. The van der Waals surface area contributed by atoms with Crippen molar-refractivity contribution >= 4 is 23.2 Å². The molecule has 0 fully saturated rings. The van der Waals surface area contributed by atoms with Gasteiger partial charge in [0.25, 0.3) is 5.91 Å². The molecule has 2 aromatic carbocycles. The first-order valence-electron chi connectivity index (χ1n) is 8.33. The molecule has 6 nitrogen and oxygen atoms in total. The predicted octanol–water partition coefficient (Wildman–Crippen LogP) is 3.56. The van der Waals surface area contributed by atoms with Crippen LogP contribution in [0.25, 0.3) is 5.70 Å². The largest absolute Gasteiger partial charge is 0.483 e. The number of halogens is 3. The van der Waals surface area contributed by atoms with E-state index in [1.54, 1.807) is 30.3 Å². The molecule has 1 aliphatic rings. The van der Waals surface area contributed by atoms with Gasteiger partial charge in [-0.2, -0.15) is 18.4 Å². The molecular weight excluding hydrogens is 387 g/mol. The second kappa shape index (κ2) is 7.67. The van der Waals surface area contributed by atoms with E-state index in [1.165, 1.54) is 17.0 Å². The van der Waals surface area contributed by atoms with Gasteiger partial charge in [-0.1, -0.05) is 24.8 Å². The Morgan fingerprint density at radius 1 is 1.21 bits per heavy atom. The molecule has 0 saturated carbocycles. The number of amides is 2. The molecule has 3 rings (SSSR count). The van der Waals surface area contributed by atoms with Crippen molar-refractivity contribution in [2.75, 3.05) is 18.5 Å². The molecule has 1 N–H and O–H groups in total. The van der Waals surface area contributed by atoms with Crippen LogP contribution < -0.4 is 10.1 Å². The monoisotopic (exact) mass is 401 g/mol. The Bertz CT molecular complexity index is 1010. The second-order valence-corrected chi connectivity index (χ2v) is 6.16. The number of rotatable bonds is 5. The average Bonchev–Trinajstić information content (AvgIpc) is 2.91. The first-order chi connectivity index (χ1) is 13.7. The predicted molar refractivity (Wildman–Crippen MR) is 97.8 cm³/mol. The lowest BCUT2D eigenvalue weighted by Gasteiger charge is -2.17. The molecule has 2 amide bonds. The lowest BCUT2D eigenvalue weighted by molar-refractivity contribution is -0.153. The van der Waals surface area contributed by atoms with Gasteiger partial charge in [0, 0.05) is 22.5 Å². The van der Waals surface area contributed by atoms with Gasteiger partial charge in [0.15, 0.2) is 6.61 Å². The molecule has 29 heavy (non-hydrogen) atoms. The van der Waals surface area contributed by atoms with Crippen LogP contribution in [0.15, 0.2) is 49.0 Å². The van der Waals surface area contributed by atoms with Crippen molar-refractivity contribution in [1.82, 2.24) is 4.90 Å². The number of hydrogen-bond donors (Lipinski definition) is 1. The summed E-state index contributed by atoms with van der Waals surface area (Å²) in [5.74, 6) is -1.16. The lowest BCUT2D eigenvalue weighted by atomic mass is 10.1. The summed E-state index contributed by atoms with van der Waals surface area (Å²) < 4.78 is 41.4. The highest BCUT2D eigenvalue weighted by molar-refractivity contribution is 6.11. The number of nitriles is 1. The molecule has 0 bridgehead atoms. The zero-order chi connectivity index (χ0) is 21.2. The highest BCUT2D eigenvalue weighted by Crippen LogP contribution is 2.31. The van der Waals surface area contributed by atoms with Crippen molar-refractivity contribution in [3.8, 4) is 11.8 Å². The van der Waals surface area contributed by atoms with Crippen LogP contribution in [0, 0.1) is 11.3 Å². The molecular formula is C20H14F3N3O3. The van der Waals surface area contributed by atoms with E-state index in [0.717, 1.165) is 6.07 Å². The standard InChI is InChI=1S/C20H14F3N3O3/c1-12-15-4-2-3-5-16(15)19(28)26(12)10-18(27)25-14-6-7-17(13(8-14)9-24)29-11-20(21,22)23/h2-8H,1,10-11H2,(H,25,27). The van der Waals surface area contributed by atoms with Crippen LogP contribution in [0.3, 0.4) is 0 Å². The molecule has 0 saturated heterocycles. The second-order valence-electron chi connectivity index (χ2n) is 6.16. The summed E-state index contributed by atoms with van der Waals surface area (Å²) in [6, 6.07) is 12.2. The Labute approximate surface area is 163 Å². The third-order valence-corrected chi connectivity index (χ3v) is 4.12. The fourth-order valence-electron chi connectivity index (χ4n) is 2.83. The maximum Gasteiger partial charge on any atom is 0.422 e. The van der Waals surface area contributed by atoms with Crippen LogP contribution in [-0.2, 0) is 4.79 Å². The number of hydrogen-bond acceptors (Lipinski definition) is 4. The van der Waals surface area contributed by atoms with E-state index in [0.29, 0.717) is 16.8 Å². The smallest absolute Gasteiger partial charge is 0.422 e. The van der Waals surface area contributed by atoms with E-state index < -0.39 is 18.7 Å². The van der Waals surface area contributed by atoms with Crippen molar-refractivity contribution in [1.29, 1.82) is 5.26 Å². The maximum absolute atomic E-state index is 12.4. The van der Waals surface area contributed by atoms with Crippen molar-refractivity contribution < 1.29 is 27.5 Å². The number of benzene rings is 2. The number of ether oxygens (including phenoxy) is 1. The van der Waals surface area contributed by atoms with Gasteiger partial charge in [-0.3, -0.25) is 14.5 Å².